The second-order valence-electron chi connectivity index (χ2n) is 8.24. The van der Waals surface area contributed by atoms with Crippen LogP contribution in [0.4, 0.5) is 0 Å². The summed E-state index contributed by atoms with van der Waals surface area (Å²) in [6.07, 6.45) is 1.02. The summed E-state index contributed by atoms with van der Waals surface area (Å²) in [5, 5.41) is 5.07. The first-order chi connectivity index (χ1) is 8.92. The summed E-state index contributed by atoms with van der Waals surface area (Å²) in [6.45, 7) is 17.8. The Morgan fingerprint density at radius 3 is 2.15 bits per heavy atom. The first-order valence-electron chi connectivity index (χ1n) is 7.67. The first-order valence-corrected chi connectivity index (χ1v) is 10.5. The fraction of sp³-hybridized carbons (Fsp3) is 0.933. The lowest BCUT2D eigenvalue weighted by atomic mass is 9.76. The lowest BCUT2D eigenvalue weighted by Crippen LogP contribution is -2.54. The van der Waals surface area contributed by atoms with E-state index in [0.717, 1.165) is 13.0 Å². The third kappa shape index (κ3) is 4.86. The first kappa shape index (κ1) is 17.7. The van der Waals surface area contributed by atoms with E-state index in [1.54, 1.807) is 0 Å². The minimum Gasteiger partial charge on any atom is -0.350 e. The standard InChI is InChI=1S/C15H32N2O2Si/c1-14(2,3)11-9-10-17(19-20(7)8)12(11)13(18)16-15(4,5)6/h11-12,20H,9-10H2,1-8H3,(H,16,18)/t11?,12-/m0/s1. The van der Waals surface area contributed by atoms with Crippen molar-refractivity contribution in [3.63, 3.8) is 0 Å². The van der Waals surface area contributed by atoms with Crippen molar-refractivity contribution in [2.75, 3.05) is 6.54 Å². The van der Waals surface area contributed by atoms with Crippen LogP contribution in [0.5, 0.6) is 0 Å². The smallest absolute Gasteiger partial charge is 0.240 e. The van der Waals surface area contributed by atoms with Crippen molar-refractivity contribution < 1.29 is 9.32 Å². The normalized spacial score (nSPS) is 25.2. The van der Waals surface area contributed by atoms with Crippen LogP contribution in [0.15, 0.2) is 0 Å². The van der Waals surface area contributed by atoms with Crippen LogP contribution in [0.1, 0.15) is 48.0 Å². The van der Waals surface area contributed by atoms with Gasteiger partial charge in [-0.25, -0.2) is 0 Å². The highest BCUT2D eigenvalue weighted by molar-refractivity contribution is 6.48. The molecule has 20 heavy (non-hydrogen) atoms. The van der Waals surface area contributed by atoms with Crippen molar-refractivity contribution in [2.24, 2.45) is 11.3 Å². The van der Waals surface area contributed by atoms with Crippen molar-refractivity contribution in [1.29, 1.82) is 0 Å². The van der Waals surface area contributed by atoms with Crippen molar-refractivity contribution in [1.82, 2.24) is 10.4 Å². The van der Waals surface area contributed by atoms with Crippen LogP contribution in [-0.2, 0) is 9.32 Å². The number of hydrogen-bond acceptors (Lipinski definition) is 3. The van der Waals surface area contributed by atoms with E-state index in [2.05, 4.69) is 39.2 Å². The van der Waals surface area contributed by atoms with Crippen LogP contribution >= 0.6 is 0 Å². The van der Waals surface area contributed by atoms with Gasteiger partial charge in [-0.05, 0) is 51.6 Å². The van der Waals surface area contributed by atoms with E-state index in [1.807, 2.05) is 25.8 Å². The molecule has 1 heterocycles. The number of rotatable bonds is 3. The van der Waals surface area contributed by atoms with Crippen LogP contribution in [0, 0.1) is 11.3 Å². The predicted octanol–water partition coefficient (Wildman–Crippen LogP) is 2.55. The summed E-state index contributed by atoms with van der Waals surface area (Å²) in [7, 11) is -1.19. The van der Waals surface area contributed by atoms with E-state index in [0.29, 0.717) is 5.92 Å². The number of carbonyl (C=O) groups excluding carboxylic acids is 1. The minimum atomic E-state index is -1.19. The lowest BCUT2D eigenvalue weighted by molar-refractivity contribution is -0.145. The molecule has 0 aromatic rings. The van der Waals surface area contributed by atoms with Crippen LogP contribution in [-0.4, -0.2) is 38.1 Å². The third-order valence-electron chi connectivity index (χ3n) is 3.58. The Bertz CT molecular complexity index is 345. The van der Waals surface area contributed by atoms with Crippen molar-refractivity contribution in [3.8, 4) is 0 Å². The molecule has 1 aliphatic heterocycles. The van der Waals surface area contributed by atoms with Gasteiger partial charge >= 0.3 is 0 Å². The van der Waals surface area contributed by atoms with Crippen molar-refractivity contribution >= 4 is 14.9 Å². The fourth-order valence-electron chi connectivity index (χ4n) is 2.82. The van der Waals surface area contributed by atoms with Crippen molar-refractivity contribution in [3.05, 3.63) is 0 Å². The molecule has 1 rings (SSSR count). The lowest BCUT2D eigenvalue weighted by Gasteiger charge is -2.36. The van der Waals surface area contributed by atoms with Crippen molar-refractivity contribution in [2.45, 2.75) is 72.6 Å². The van der Waals surface area contributed by atoms with Crippen LogP contribution in [0.25, 0.3) is 0 Å². The Balaban J connectivity index is 2.93. The molecule has 0 spiro atoms. The fourth-order valence-corrected chi connectivity index (χ4v) is 3.59. The molecule has 1 N–H and O–H groups in total. The summed E-state index contributed by atoms with van der Waals surface area (Å²) in [5.41, 5.74) is -0.0976. The second-order valence-corrected chi connectivity index (χ2v) is 10.5. The van der Waals surface area contributed by atoms with E-state index in [1.165, 1.54) is 0 Å². The number of hydroxylamine groups is 2. The molecule has 2 atom stereocenters. The maximum atomic E-state index is 12.7. The zero-order valence-electron chi connectivity index (χ0n) is 14.4. The number of carbonyl (C=O) groups is 1. The largest absolute Gasteiger partial charge is 0.350 e. The average molecular weight is 301 g/mol. The molecular formula is C15H32N2O2Si. The maximum absolute atomic E-state index is 12.7. The molecule has 1 saturated heterocycles. The predicted molar refractivity (Wildman–Crippen MR) is 85.9 cm³/mol. The summed E-state index contributed by atoms with van der Waals surface area (Å²) < 4.78 is 6.00. The summed E-state index contributed by atoms with van der Waals surface area (Å²) in [6, 6.07) is -0.163. The van der Waals surface area contributed by atoms with Gasteiger partial charge in [0.2, 0.25) is 5.91 Å². The van der Waals surface area contributed by atoms with E-state index in [9.17, 15) is 4.79 Å². The Hall–Kier alpha value is -0.393. The molecule has 0 aromatic heterocycles. The van der Waals surface area contributed by atoms with E-state index in [-0.39, 0.29) is 22.9 Å². The van der Waals surface area contributed by atoms with Gasteiger partial charge in [0.25, 0.3) is 0 Å². The molecule has 0 aromatic carbocycles. The Kier molecular flexibility index (Phi) is 5.44. The Morgan fingerprint density at radius 1 is 1.20 bits per heavy atom. The molecule has 0 aliphatic carbocycles. The molecule has 4 nitrogen and oxygen atoms in total. The number of amides is 1. The average Bonchev–Trinajstić information content (AvgIpc) is 2.56. The second kappa shape index (κ2) is 6.16. The molecule has 118 valence electrons. The zero-order chi connectivity index (χ0) is 15.7. The molecule has 5 heteroatoms. The van der Waals surface area contributed by atoms with E-state index in [4.69, 9.17) is 4.53 Å². The maximum Gasteiger partial charge on any atom is 0.240 e. The molecule has 1 unspecified atom stereocenters. The minimum absolute atomic E-state index is 0.101. The molecule has 0 bridgehead atoms. The Morgan fingerprint density at radius 2 is 1.75 bits per heavy atom. The molecule has 1 amide bonds. The van der Waals surface area contributed by atoms with Gasteiger partial charge in [0, 0.05) is 12.1 Å². The van der Waals surface area contributed by atoms with Gasteiger partial charge < -0.3 is 9.84 Å². The van der Waals surface area contributed by atoms with Gasteiger partial charge in [-0.1, -0.05) is 20.8 Å². The van der Waals surface area contributed by atoms with Gasteiger partial charge in [0.15, 0.2) is 9.04 Å². The number of hydrogen-bond donors (Lipinski definition) is 1. The van der Waals surface area contributed by atoms with Crippen LogP contribution < -0.4 is 5.32 Å². The monoisotopic (exact) mass is 300 g/mol. The summed E-state index contributed by atoms with van der Waals surface area (Å²) >= 11 is 0. The Labute approximate surface area is 125 Å². The van der Waals surface area contributed by atoms with Gasteiger partial charge in [-0.15, -0.1) is 0 Å². The van der Waals surface area contributed by atoms with Gasteiger partial charge in [0.1, 0.15) is 6.04 Å². The van der Waals surface area contributed by atoms with E-state index >= 15 is 0 Å². The number of nitrogens with zero attached hydrogens (tertiary/aromatic N) is 1. The SMILES string of the molecule is C[SiH](C)ON1CCC(C(C)(C)C)[C@H]1C(=O)NC(C)(C)C. The highest BCUT2D eigenvalue weighted by Crippen LogP contribution is 2.39. The molecule has 1 fully saturated rings. The summed E-state index contributed by atoms with van der Waals surface area (Å²) in [4.78, 5) is 12.7. The quantitative estimate of drug-likeness (QED) is 0.815. The molecule has 0 radical (unpaired) electrons. The van der Waals surface area contributed by atoms with Gasteiger partial charge in [0.05, 0.1) is 0 Å². The summed E-state index contributed by atoms with van der Waals surface area (Å²) in [5.74, 6) is 0.433. The number of nitrogens with one attached hydrogen (secondary N) is 1. The third-order valence-corrected chi connectivity index (χ3v) is 4.27. The zero-order valence-corrected chi connectivity index (χ0v) is 15.6. The topological polar surface area (TPSA) is 41.6 Å². The van der Waals surface area contributed by atoms with Gasteiger partial charge in [-0.3, -0.25) is 4.79 Å². The van der Waals surface area contributed by atoms with Gasteiger partial charge in [-0.2, -0.15) is 5.06 Å². The highest BCUT2D eigenvalue weighted by Gasteiger charge is 2.46. The highest BCUT2D eigenvalue weighted by atomic mass is 28.3. The molecule has 1 aliphatic rings. The molecule has 0 saturated carbocycles. The van der Waals surface area contributed by atoms with Crippen LogP contribution in [0.3, 0.4) is 0 Å². The van der Waals surface area contributed by atoms with E-state index < -0.39 is 9.04 Å². The molecular weight excluding hydrogens is 268 g/mol. The van der Waals surface area contributed by atoms with Crippen LogP contribution in [0.2, 0.25) is 13.1 Å².